The summed E-state index contributed by atoms with van der Waals surface area (Å²) in [5, 5.41) is 7.81. The third kappa shape index (κ3) is 2.18. The van der Waals surface area contributed by atoms with Gasteiger partial charge in [-0.2, -0.15) is 11.3 Å². The Kier molecular flexibility index (Phi) is 3.60. The lowest BCUT2D eigenvalue weighted by atomic mass is 9.99. The molecule has 0 bridgehead atoms. The molecule has 20 heavy (non-hydrogen) atoms. The van der Waals surface area contributed by atoms with Gasteiger partial charge in [-0.3, -0.25) is 10.1 Å². The fourth-order valence-corrected chi connectivity index (χ4v) is 3.96. The Labute approximate surface area is 124 Å². The molecule has 1 amide bonds. The van der Waals surface area contributed by atoms with Crippen molar-refractivity contribution in [3.05, 3.63) is 22.4 Å². The molecule has 2 aliphatic heterocycles. The van der Waals surface area contributed by atoms with Crippen LogP contribution in [0.5, 0.6) is 0 Å². The normalized spacial score (nSPS) is 35.1. The predicted octanol–water partition coefficient (Wildman–Crippen LogP) is 2.05. The van der Waals surface area contributed by atoms with Gasteiger partial charge in [0.05, 0.1) is 5.54 Å². The molecule has 0 spiro atoms. The minimum absolute atomic E-state index is 0.0372. The van der Waals surface area contributed by atoms with Gasteiger partial charge in [0.1, 0.15) is 6.17 Å². The van der Waals surface area contributed by atoms with Crippen LogP contribution in [0.3, 0.4) is 0 Å². The molecule has 0 saturated carbocycles. The third-order valence-electron chi connectivity index (χ3n) is 4.77. The quantitative estimate of drug-likeness (QED) is 0.926. The number of thiophene rings is 1. The zero-order chi connectivity index (χ0) is 14.3. The standard InChI is InChI=1S/C15H23N3OS/c1-4-15(2)14(19)18(12-5-7-17(3)9-12)13(16-15)11-6-8-20-10-11/h6,8,10,12-13,16H,4-5,7,9H2,1-3H3. The smallest absolute Gasteiger partial charge is 0.244 e. The van der Waals surface area contributed by atoms with Gasteiger partial charge in [-0.1, -0.05) is 6.92 Å². The van der Waals surface area contributed by atoms with E-state index in [4.69, 9.17) is 0 Å². The molecule has 2 aliphatic rings. The van der Waals surface area contributed by atoms with Crippen molar-refractivity contribution in [3.63, 3.8) is 0 Å². The van der Waals surface area contributed by atoms with Crippen molar-refractivity contribution in [2.45, 2.75) is 44.4 Å². The van der Waals surface area contributed by atoms with Crippen molar-refractivity contribution < 1.29 is 4.79 Å². The zero-order valence-electron chi connectivity index (χ0n) is 12.4. The minimum Gasteiger partial charge on any atom is -0.317 e. The molecule has 3 atom stereocenters. The van der Waals surface area contributed by atoms with Gasteiger partial charge in [0.25, 0.3) is 0 Å². The molecule has 110 valence electrons. The van der Waals surface area contributed by atoms with E-state index in [2.05, 4.69) is 45.9 Å². The first-order valence-corrected chi connectivity index (χ1v) is 8.30. The van der Waals surface area contributed by atoms with Crippen LogP contribution < -0.4 is 5.32 Å². The van der Waals surface area contributed by atoms with Gasteiger partial charge in [0.15, 0.2) is 0 Å². The molecular weight excluding hydrogens is 270 g/mol. The van der Waals surface area contributed by atoms with E-state index in [0.717, 1.165) is 25.9 Å². The summed E-state index contributed by atoms with van der Waals surface area (Å²) in [5.74, 6) is 0.261. The maximum atomic E-state index is 12.9. The van der Waals surface area contributed by atoms with Crippen LogP contribution in [0.2, 0.25) is 0 Å². The number of hydrogen-bond acceptors (Lipinski definition) is 4. The first-order chi connectivity index (χ1) is 9.55. The molecule has 4 nitrogen and oxygen atoms in total. The van der Waals surface area contributed by atoms with E-state index in [-0.39, 0.29) is 12.1 Å². The number of carbonyl (C=O) groups is 1. The fraction of sp³-hybridized carbons (Fsp3) is 0.667. The summed E-state index contributed by atoms with van der Waals surface area (Å²) in [6.45, 7) is 6.18. The predicted molar refractivity (Wildman–Crippen MR) is 81.6 cm³/mol. The average molecular weight is 293 g/mol. The van der Waals surface area contributed by atoms with Gasteiger partial charge >= 0.3 is 0 Å². The molecule has 2 fully saturated rings. The van der Waals surface area contributed by atoms with Crippen molar-refractivity contribution in [2.24, 2.45) is 0 Å². The summed E-state index contributed by atoms with van der Waals surface area (Å²) < 4.78 is 0. The molecule has 3 heterocycles. The second-order valence-corrected chi connectivity index (χ2v) is 6.99. The number of hydrogen-bond donors (Lipinski definition) is 1. The Hall–Kier alpha value is -0.910. The van der Waals surface area contributed by atoms with Crippen molar-refractivity contribution in [1.29, 1.82) is 0 Å². The number of nitrogens with zero attached hydrogens (tertiary/aromatic N) is 2. The highest BCUT2D eigenvalue weighted by Crippen LogP contribution is 2.36. The van der Waals surface area contributed by atoms with E-state index in [0.29, 0.717) is 6.04 Å². The summed E-state index contributed by atoms with van der Waals surface area (Å²) in [6.07, 6.45) is 1.94. The van der Waals surface area contributed by atoms with E-state index in [1.807, 2.05) is 6.92 Å². The van der Waals surface area contributed by atoms with Crippen LogP contribution in [0.1, 0.15) is 38.4 Å². The summed E-state index contributed by atoms with van der Waals surface area (Å²) in [4.78, 5) is 17.3. The number of carbonyl (C=O) groups excluding carboxylic acids is 1. The Balaban J connectivity index is 1.92. The Morgan fingerprint density at radius 2 is 2.35 bits per heavy atom. The van der Waals surface area contributed by atoms with Crippen molar-refractivity contribution in [2.75, 3.05) is 20.1 Å². The molecule has 0 radical (unpaired) electrons. The van der Waals surface area contributed by atoms with Crippen molar-refractivity contribution >= 4 is 17.2 Å². The van der Waals surface area contributed by atoms with E-state index < -0.39 is 5.54 Å². The largest absolute Gasteiger partial charge is 0.317 e. The van der Waals surface area contributed by atoms with Crippen LogP contribution in [0.4, 0.5) is 0 Å². The molecule has 1 aromatic heterocycles. The lowest BCUT2D eigenvalue weighted by Gasteiger charge is -2.30. The van der Waals surface area contributed by atoms with E-state index >= 15 is 0 Å². The molecule has 3 unspecified atom stereocenters. The molecule has 2 saturated heterocycles. The highest BCUT2D eigenvalue weighted by atomic mass is 32.1. The molecule has 3 rings (SSSR count). The molecule has 0 aromatic carbocycles. The second kappa shape index (κ2) is 5.13. The summed E-state index contributed by atoms with van der Waals surface area (Å²) >= 11 is 1.69. The van der Waals surface area contributed by atoms with E-state index in [1.54, 1.807) is 11.3 Å². The van der Waals surface area contributed by atoms with E-state index in [1.165, 1.54) is 5.56 Å². The summed E-state index contributed by atoms with van der Waals surface area (Å²) in [7, 11) is 2.13. The van der Waals surface area contributed by atoms with Crippen LogP contribution in [0, 0.1) is 0 Å². The number of nitrogens with one attached hydrogen (secondary N) is 1. The van der Waals surface area contributed by atoms with E-state index in [9.17, 15) is 4.79 Å². The zero-order valence-corrected chi connectivity index (χ0v) is 13.2. The van der Waals surface area contributed by atoms with Gasteiger partial charge in [0.2, 0.25) is 5.91 Å². The van der Waals surface area contributed by atoms with Crippen LogP contribution in [0.15, 0.2) is 16.8 Å². The topological polar surface area (TPSA) is 35.6 Å². The Morgan fingerprint density at radius 3 is 2.90 bits per heavy atom. The summed E-state index contributed by atoms with van der Waals surface area (Å²) in [6, 6.07) is 2.46. The first kappa shape index (κ1) is 14.0. The highest BCUT2D eigenvalue weighted by molar-refractivity contribution is 7.07. The van der Waals surface area contributed by atoms with Gasteiger partial charge in [-0.25, -0.2) is 0 Å². The summed E-state index contributed by atoms with van der Waals surface area (Å²) in [5.41, 5.74) is 0.795. The number of amides is 1. The number of rotatable bonds is 3. The van der Waals surface area contributed by atoms with Crippen molar-refractivity contribution in [3.8, 4) is 0 Å². The second-order valence-electron chi connectivity index (χ2n) is 6.21. The minimum atomic E-state index is -0.423. The van der Waals surface area contributed by atoms with Gasteiger partial charge in [0, 0.05) is 12.6 Å². The van der Waals surface area contributed by atoms with Crippen LogP contribution >= 0.6 is 11.3 Å². The maximum absolute atomic E-state index is 12.9. The van der Waals surface area contributed by atoms with Gasteiger partial charge in [-0.15, -0.1) is 0 Å². The SMILES string of the molecule is CCC1(C)NC(c2ccsc2)N(C2CCN(C)C2)C1=O. The van der Waals surface area contributed by atoms with Crippen molar-refractivity contribution in [1.82, 2.24) is 15.1 Å². The highest BCUT2D eigenvalue weighted by Gasteiger charge is 2.50. The monoisotopic (exact) mass is 293 g/mol. The van der Waals surface area contributed by atoms with Gasteiger partial charge in [-0.05, 0) is 55.7 Å². The van der Waals surface area contributed by atoms with Crippen LogP contribution in [-0.4, -0.2) is 47.4 Å². The molecule has 1 N–H and O–H groups in total. The molecular formula is C15H23N3OS. The molecule has 5 heteroatoms. The Morgan fingerprint density at radius 1 is 1.55 bits per heavy atom. The third-order valence-corrected chi connectivity index (χ3v) is 5.47. The number of likely N-dealkylation sites (N-methyl/N-ethyl adjacent to an activating group) is 1. The van der Waals surface area contributed by atoms with Crippen LogP contribution in [-0.2, 0) is 4.79 Å². The molecule has 0 aliphatic carbocycles. The number of likely N-dealkylation sites (tertiary alicyclic amines) is 1. The maximum Gasteiger partial charge on any atom is 0.244 e. The lowest BCUT2D eigenvalue weighted by molar-refractivity contribution is -0.135. The Bertz CT molecular complexity index is 489. The molecule has 1 aromatic rings. The average Bonchev–Trinajstić information content (AvgIpc) is 3.12. The lowest BCUT2D eigenvalue weighted by Crippen LogP contribution is -2.45. The fourth-order valence-electron chi connectivity index (χ4n) is 3.28. The van der Waals surface area contributed by atoms with Crippen LogP contribution in [0.25, 0.3) is 0 Å². The van der Waals surface area contributed by atoms with Gasteiger partial charge < -0.3 is 9.80 Å². The first-order valence-electron chi connectivity index (χ1n) is 7.36.